The Kier molecular flexibility index (Phi) is 4.65. The van der Waals surface area contributed by atoms with Crippen molar-refractivity contribution in [1.82, 2.24) is 4.57 Å². The van der Waals surface area contributed by atoms with Gasteiger partial charge in [0.2, 0.25) is 0 Å². The summed E-state index contributed by atoms with van der Waals surface area (Å²) >= 11 is 0. The van der Waals surface area contributed by atoms with Gasteiger partial charge in [0.15, 0.2) is 11.5 Å². The van der Waals surface area contributed by atoms with Gasteiger partial charge in [-0.1, -0.05) is 12.1 Å². The van der Waals surface area contributed by atoms with Crippen LogP contribution in [0.4, 0.5) is 0 Å². The van der Waals surface area contributed by atoms with Crippen LogP contribution >= 0.6 is 0 Å². The predicted octanol–water partition coefficient (Wildman–Crippen LogP) is 1.87. The van der Waals surface area contributed by atoms with Crippen molar-refractivity contribution in [3.05, 3.63) is 58.0 Å². The Morgan fingerprint density at radius 1 is 1.19 bits per heavy atom. The van der Waals surface area contributed by atoms with E-state index in [1.54, 1.807) is 38.0 Å². The number of pyridine rings is 1. The maximum Gasteiger partial charge on any atom is 0.253 e. The van der Waals surface area contributed by atoms with E-state index in [2.05, 4.69) is 0 Å². The molecule has 112 valence electrons. The third-order valence-corrected chi connectivity index (χ3v) is 3.44. The molecule has 0 fully saturated rings. The fourth-order valence-electron chi connectivity index (χ4n) is 2.20. The number of aromatic nitrogens is 1. The van der Waals surface area contributed by atoms with Crippen molar-refractivity contribution in [3.63, 3.8) is 0 Å². The van der Waals surface area contributed by atoms with E-state index < -0.39 is 0 Å². The van der Waals surface area contributed by atoms with Crippen LogP contribution in [0.1, 0.15) is 17.2 Å². The molecule has 5 heteroatoms. The molecule has 1 heterocycles. The second-order valence-corrected chi connectivity index (χ2v) is 4.87. The summed E-state index contributed by atoms with van der Waals surface area (Å²) in [7, 11) is 3.17. The molecule has 0 aliphatic carbocycles. The maximum absolute atomic E-state index is 12.0. The van der Waals surface area contributed by atoms with Gasteiger partial charge in [0.25, 0.3) is 5.56 Å². The van der Waals surface area contributed by atoms with Crippen molar-refractivity contribution in [2.45, 2.75) is 19.5 Å². The van der Waals surface area contributed by atoms with Gasteiger partial charge in [0.1, 0.15) is 0 Å². The smallest absolute Gasteiger partial charge is 0.253 e. The van der Waals surface area contributed by atoms with Crippen molar-refractivity contribution < 1.29 is 9.47 Å². The summed E-state index contributed by atoms with van der Waals surface area (Å²) in [4.78, 5) is 12.0. The number of hydrogen-bond acceptors (Lipinski definition) is 4. The SMILES string of the molecule is COc1ccc(C(N)Cn2cccc(C)c2=O)cc1OC. The number of aryl methyl sites for hydroxylation is 1. The number of methoxy groups -OCH3 is 2. The molecular formula is C16H20N2O3. The Hall–Kier alpha value is -2.27. The Bertz CT molecular complexity index is 679. The number of hydrogen-bond donors (Lipinski definition) is 1. The van der Waals surface area contributed by atoms with Crippen LogP contribution in [0.15, 0.2) is 41.3 Å². The number of ether oxygens (including phenoxy) is 2. The topological polar surface area (TPSA) is 66.5 Å². The monoisotopic (exact) mass is 288 g/mol. The Morgan fingerprint density at radius 2 is 1.90 bits per heavy atom. The van der Waals surface area contributed by atoms with Crippen LogP contribution in [-0.2, 0) is 6.54 Å². The molecule has 0 spiro atoms. The van der Waals surface area contributed by atoms with E-state index >= 15 is 0 Å². The van der Waals surface area contributed by atoms with Crippen molar-refractivity contribution in [1.29, 1.82) is 0 Å². The molecule has 0 radical (unpaired) electrons. The number of nitrogens with two attached hydrogens (primary N) is 1. The fraction of sp³-hybridized carbons (Fsp3) is 0.312. The average molecular weight is 288 g/mol. The van der Waals surface area contributed by atoms with Crippen LogP contribution in [0, 0.1) is 6.92 Å². The van der Waals surface area contributed by atoms with E-state index in [0.717, 1.165) is 5.56 Å². The number of nitrogens with zero attached hydrogens (tertiary/aromatic N) is 1. The molecule has 1 aromatic carbocycles. The van der Waals surface area contributed by atoms with Crippen molar-refractivity contribution >= 4 is 0 Å². The molecule has 0 bridgehead atoms. The lowest BCUT2D eigenvalue weighted by Crippen LogP contribution is -2.27. The first-order valence-electron chi connectivity index (χ1n) is 6.70. The summed E-state index contributed by atoms with van der Waals surface area (Å²) in [6.45, 7) is 2.21. The molecule has 1 unspecified atom stereocenters. The van der Waals surface area contributed by atoms with Crippen LogP contribution in [0.3, 0.4) is 0 Å². The van der Waals surface area contributed by atoms with Crippen molar-refractivity contribution in [2.24, 2.45) is 5.73 Å². The van der Waals surface area contributed by atoms with Crippen LogP contribution in [-0.4, -0.2) is 18.8 Å². The first-order chi connectivity index (χ1) is 10.1. The van der Waals surface area contributed by atoms with Gasteiger partial charge in [-0.05, 0) is 30.7 Å². The van der Waals surface area contributed by atoms with E-state index in [0.29, 0.717) is 23.6 Å². The molecular weight excluding hydrogens is 268 g/mol. The molecule has 2 N–H and O–H groups in total. The van der Waals surface area contributed by atoms with Crippen LogP contribution in [0.5, 0.6) is 11.5 Å². The number of benzene rings is 1. The first kappa shape index (κ1) is 15.1. The molecule has 5 nitrogen and oxygen atoms in total. The highest BCUT2D eigenvalue weighted by molar-refractivity contribution is 5.43. The summed E-state index contributed by atoms with van der Waals surface area (Å²) in [6.07, 6.45) is 1.75. The minimum absolute atomic E-state index is 0.0200. The van der Waals surface area contributed by atoms with Gasteiger partial charge < -0.3 is 19.8 Å². The standard InChI is InChI=1S/C16H20N2O3/c1-11-5-4-8-18(16(11)19)10-13(17)12-6-7-14(20-2)15(9-12)21-3/h4-9,13H,10,17H2,1-3H3. The van der Waals surface area contributed by atoms with Gasteiger partial charge in [0, 0.05) is 24.3 Å². The third kappa shape index (κ3) is 3.25. The summed E-state index contributed by atoms with van der Waals surface area (Å²) < 4.78 is 12.1. The summed E-state index contributed by atoms with van der Waals surface area (Å²) in [5, 5.41) is 0. The minimum atomic E-state index is -0.302. The second kappa shape index (κ2) is 6.45. The highest BCUT2D eigenvalue weighted by Crippen LogP contribution is 2.29. The highest BCUT2D eigenvalue weighted by atomic mass is 16.5. The van der Waals surface area contributed by atoms with Crippen molar-refractivity contribution in [3.8, 4) is 11.5 Å². The Balaban J connectivity index is 2.26. The van der Waals surface area contributed by atoms with Crippen LogP contribution < -0.4 is 20.8 Å². The fourth-order valence-corrected chi connectivity index (χ4v) is 2.20. The zero-order chi connectivity index (χ0) is 15.4. The third-order valence-electron chi connectivity index (χ3n) is 3.44. The van der Waals surface area contributed by atoms with E-state index in [9.17, 15) is 4.79 Å². The molecule has 2 aromatic rings. The van der Waals surface area contributed by atoms with Gasteiger partial charge in [-0.25, -0.2) is 0 Å². The molecule has 21 heavy (non-hydrogen) atoms. The molecule has 0 amide bonds. The Morgan fingerprint density at radius 3 is 2.57 bits per heavy atom. The molecule has 1 aromatic heterocycles. The Labute approximate surface area is 123 Å². The molecule has 1 atom stereocenters. The lowest BCUT2D eigenvalue weighted by atomic mass is 10.1. The molecule has 0 aliphatic rings. The van der Waals surface area contributed by atoms with Crippen LogP contribution in [0.2, 0.25) is 0 Å². The van der Waals surface area contributed by atoms with Gasteiger partial charge >= 0.3 is 0 Å². The van der Waals surface area contributed by atoms with Gasteiger partial charge in [-0.3, -0.25) is 4.79 Å². The van der Waals surface area contributed by atoms with Crippen LogP contribution in [0.25, 0.3) is 0 Å². The lowest BCUT2D eigenvalue weighted by molar-refractivity contribution is 0.354. The average Bonchev–Trinajstić information content (AvgIpc) is 2.51. The van der Waals surface area contributed by atoms with E-state index in [1.807, 2.05) is 24.3 Å². The first-order valence-corrected chi connectivity index (χ1v) is 6.70. The molecule has 0 saturated heterocycles. The van der Waals surface area contributed by atoms with Gasteiger partial charge in [-0.15, -0.1) is 0 Å². The predicted molar refractivity (Wildman–Crippen MR) is 81.9 cm³/mol. The van der Waals surface area contributed by atoms with E-state index in [1.165, 1.54) is 0 Å². The number of rotatable bonds is 5. The van der Waals surface area contributed by atoms with Crippen molar-refractivity contribution in [2.75, 3.05) is 14.2 Å². The maximum atomic E-state index is 12.0. The molecule has 2 rings (SSSR count). The minimum Gasteiger partial charge on any atom is -0.493 e. The molecule has 0 aliphatic heterocycles. The zero-order valence-electron chi connectivity index (χ0n) is 12.5. The largest absolute Gasteiger partial charge is 0.493 e. The quantitative estimate of drug-likeness (QED) is 0.912. The summed E-state index contributed by atoms with van der Waals surface area (Å²) in [5.41, 5.74) is 7.78. The molecule has 0 saturated carbocycles. The van der Waals surface area contributed by atoms with Gasteiger partial charge in [0.05, 0.1) is 14.2 Å². The van der Waals surface area contributed by atoms with E-state index in [4.69, 9.17) is 15.2 Å². The highest BCUT2D eigenvalue weighted by Gasteiger charge is 2.12. The van der Waals surface area contributed by atoms with E-state index in [-0.39, 0.29) is 11.6 Å². The normalized spacial score (nSPS) is 12.0. The zero-order valence-corrected chi connectivity index (χ0v) is 12.5. The summed E-state index contributed by atoms with van der Waals surface area (Å²) in [6, 6.07) is 8.87. The second-order valence-electron chi connectivity index (χ2n) is 4.87. The lowest BCUT2D eigenvalue weighted by Gasteiger charge is -2.16. The van der Waals surface area contributed by atoms with Gasteiger partial charge in [-0.2, -0.15) is 0 Å². The summed E-state index contributed by atoms with van der Waals surface area (Å²) in [5.74, 6) is 1.28.